The van der Waals surface area contributed by atoms with Crippen molar-refractivity contribution in [2.24, 2.45) is 5.41 Å². The van der Waals surface area contributed by atoms with Crippen LogP contribution in [0.3, 0.4) is 0 Å². The minimum atomic E-state index is -3.33. The van der Waals surface area contributed by atoms with E-state index in [9.17, 15) is 13.5 Å². The molecule has 0 aliphatic heterocycles. The van der Waals surface area contributed by atoms with Crippen molar-refractivity contribution in [3.05, 3.63) is 30.3 Å². The molecular formula is C17H28O3SSe. The molecule has 0 fully saturated rings. The molecule has 2 atom stereocenters. The van der Waals surface area contributed by atoms with Gasteiger partial charge in [0.05, 0.1) is 0 Å². The van der Waals surface area contributed by atoms with Crippen molar-refractivity contribution in [3.8, 4) is 0 Å². The van der Waals surface area contributed by atoms with Gasteiger partial charge in [-0.1, -0.05) is 0 Å². The van der Waals surface area contributed by atoms with E-state index < -0.39 is 20.7 Å². The third-order valence-corrected chi connectivity index (χ3v) is 10.00. The van der Waals surface area contributed by atoms with Crippen molar-refractivity contribution in [2.75, 3.05) is 5.75 Å². The fourth-order valence-electron chi connectivity index (χ4n) is 2.04. The molecular weight excluding hydrogens is 363 g/mol. The van der Waals surface area contributed by atoms with E-state index in [4.69, 9.17) is 0 Å². The third-order valence-electron chi connectivity index (χ3n) is 3.53. The third kappa shape index (κ3) is 5.38. The van der Waals surface area contributed by atoms with Crippen LogP contribution in [-0.4, -0.2) is 45.1 Å². The van der Waals surface area contributed by atoms with E-state index in [0.717, 1.165) is 0 Å². The Morgan fingerprint density at radius 3 is 1.95 bits per heavy atom. The van der Waals surface area contributed by atoms with E-state index in [-0.39, 0.29) is 30.9 Å². The summed E-state index contributed by atoms with van der Waals surface area (Å²) in [6.45, 7) is 11.2. The van der Waals surface area contributed by atoms with E-state index >= 15 is 0 Å². The van der Waals surface area contributed by atoms with Crippen LogP contribution < -0.4 is 4.46 Å². The van der Waals surface area contributed by atoms with Crippen LogP contribution in [-0.2, 0) is 9.84 Å². The Morgan fingerprint density at radius 2 is 1.55 bits per heavy atom. The van der Waals surface area contributed by atoms with Gasteiger partial charge in [-0.15, -0.1) is 0 Å². The molecule has 0 aliphatic rings. The van der Waals surface area contributed by atoms with Gasteiger partial charge in [-0.3, -0.25) is 0 Å². The van der Waals surface area contributed by atoms with Crippen LogP contribution in [0.1, 0.15) is 41.5 Å². The zero-order valence-electron chi connectivity index (χ0n) is 14.3. The van der Waals surface area contributed by atoms with Crippen LogP contribution in [0.25, 0.3) is 0 Å². The van der Waals surface area contributed by atoms with Crippen LogP contribution >= 0.6 is 0 Å². The van der Waals surface area contributed by atoms with Gasteiger partial charge in [0.2, 0.25) is 0 Å². The Bertz CT molecular complexity index is 568. The maximum atomic E-state index is 12.4. The molecule has 1 rings (SSSR count). The van der Waals surface area contributed by atoms with Gasteiger partial charge in [0.25, 0.3) is 0 Å². The van der Waals surface area contributed by atoms with E-state index in [1.54, 1.807) is 20.8 Å². The molecule has 0 amide bonds. The topological polar surface area (TPSA) is 54.4 Å². The van der Waals surface area contributed by atoms with Crippen molar-refractivity contribution in [1.82, 2.24) is 0 Å². The van der Waals surface area contributed by atoms with Crippen LogP contribution in [0.15, 0.2) is 30.3 Å². The normalized spacial score (nSPS) is 16.3. The van der Waals surface area contributed by atoms with Crippen LogP contribution in [0, 0.1) is 5.41 Å². The van der Waals surface area contributed by atoms with Crippen molar-refractivity contribution < 1.29 is 13.5 Å². The molecule has 1 aromatic rings. The minimum absolute atomic E-state index is 0.0202. The van der Waals surface area contributed by atoms with Crippen LogP contribution in [0.2, 0.25) is 4.82 Å². The molecule has 0 bridgehead atoms. The van der Waals surface area contributed by atoms with Crippen molar-refractivity contribution in [1.29, 1.82) is 0 Å². The number of hydrogen-bond donors (Lipinski definition) is 1. The Morgan fingerprint density at radius 1 is 1.05 bits per heavy atom. The summed E-state index contributed by atoms with van der Waals surface area (Å²) in [5.74, 6) is -0.174. The first kappa shape index (κ1) is 19.7. The summed E-state index contributed by atoms with van der Waals surface area (Å²) < 4.78 is 25.1. The Labute approximate surface area is 141 Å². The molecule has 126 valence electrons. The summed E-state index contributed by atoms with van der Waals surface area (Å²) in [5.41, 5.74) is -0.150. The number of hydrogen-bond acceptors (Lipinski definition) is 3. The van der Waals surface area contributed by atoms with E-state index in [1.807, 2.05) is 30.3 Å². The zero-order chi connectivity index (χ0) is 17.2. The summed E-state index contributed by atoms with van der Waals surface area (Å²) in [6.07, 6.45) is -0.843. The average Bonchev–Trinajstić information content (AvgIpc) is 2.33. The molecule has 1 unspecified atom stereocenters. The van der Waals surface area contributed by atoms with E-state index in [1.165, 1.54) is 4.46 Å². The molecule has 1 aromatic carbocycles. The molecule has 0 spiro atoms. The molecule has 5 heteroatoms. The van der Waals surface area contributed by atoms with Crippen molar-refractivity contribution >= 4 is 29.3 Å². The quantitative estimate of drug-likeness (QED) is 0.785. The van der Waals surface area contributed by atoms with Gasteiger partial charge in [-0.25, -0.2) is 0 Å². The molecule has 0 aliphatic carbocycles. The number of rotatable bonds is 5. The van der Waals surface area contributed by atoms with Gasteiger partial charge >= 0.3 is 141 Å². The summed E-state index contributed by atoms with van der Waals surface area (Å²) in [4.78, 5) is -0.0560. The number of benzene rings is 1. The maximum absolute atomic E-state index is 12.4. The molecule has 3 nitrogen and oxygen atoms in total. The molecule has 22 heavy (non-hydrogen) atoms. The molecule has 0 saturated heterocycles. The molecule has 1 N–H and O–H groups in total. The Kier molecular flexibility index (Phi) is 6.30. The van der Waals surface area contributed by atoms with Gasteiger partial charge in [-0.2, -0.15) is 0 Å². The van der Waals surface area contributed by atoms with Crippen LogP contribution in [0.5, 0.6) is 0 Å². The average molecular weight is 391 g/mol. The summed E-state index contributed by atoms with van der Waals surface area (Å²) in [5, 5.41) is 10.6. The van der Waals surface area contributed by atoms with Gasteiger partial charge in [0.1, 0.15) is 0 Å². The second-order valence-corrected chi connectivity index (χ2v) is 13.0. The second kappa shape index (κ2) is 7.04. The zero-order valence-corrected chi connectivity index (χ0v) is 16.9. The fourth-order valence-corrected chi connectivity index (χ4v) is 6.01. The van der Waals surface area contributed by atoms with Gasteiger partial charge in [-0.05, 0) is 0 Å². The number of sulfone groups is 1. The molecule has 0 radical (unpaired) electrons. The monoisotopic (exact) mass is 392 g/mol. The predicted octanol–water partition coefficient (Wildman–Crippen LogP) is 2.42. The first-order valence-electron chi connectivity index (χ1n) is 7.47. The predicted molar refractivity (Wildman–Crippen MR) is 94.6 cm³/mol. The first-order chi connectivity index (χ1) is 9.84. The molecule has 0 heterocycles. The van der Waals surface area contributed by atoms with Gasteiger partial charge in [0, 0.05) is 0 Å². The van der Waals surface area contributed by atoms with Crippen LogP contribution in [0.4, 0.5) is 0 Å². The fraction of sp³-hybridized carbons (Fsp3) is 0.647. The summed E-state index contributed by atoms with van der Waals surface area (Å²) in [6, 6.07) is 10.0. The van der Waals surface area contributed by atoms with Crippen molar-refractivity contribution in [2.45, 2.75) is 57.2 Å². The molecule has 0 saturated carbocycles. The van der Waals surface area contributed by atoms with Gasteiger partial charge < -0.3 is 0 Å². The van der Waals surface area contributed by atoms with E-state index in [2.05, 4.69) is 20.8 Å². The molecule has 0 aromatic heterocycles. The summed E-state index contributed by atoms with van der Waals surface area (Å²) >= 11 is 0.0202. The second-order valence-electron chi connectivity index (χ2n) is 7.68. The first-order valence-corrected chi connectivity index (χ1v) is 11.0. The Balaban J connectivity index is 2.99. The Hall–Kier alpha value is -0.351. The van der Waals surface area contributed by atoms with E-state index in [0.29, 0.717) is 0 Å². The summed E-state index contributed by atoms with van der Waals surface area (Å²) in [7, 11) is -3.33. The standard InChI is InChI=1S/C17H28O3SSe/c1-16(2,3)15(22-13-10-8-7-9-11-13)14(18)12-21(19,20)17(4,5)6/h7-11,14-15,18H,12H2,1-6H3/t14?,15-/m1/s1. The number of aliphatic hydroxyl groups excluding tert-OH is 1. The van der Waals surface area contributed by atoms with Crippen molar-refractivity contribution in [3.63, 3.8) is 0 Å². The van der Waals surface area contributed by atoms with Gasteiger partial charge in [0.15, 0.2) is 0 Å². The number of aliphatic hydroxyl groups is 1. The SMILES string of the molecule is CC(C)(C)[C@H]([Se]c1ccccc1)C(O)CS(=O)(=O)C(C)(C)C.